The monoisotopic (exact) mass is 397 g/mol. The molecule has 0 radical (unpaired) electrons. The van der Waals surface area contributed by atoms with Crippen LogP contribution < -0.4 is 4.74 Å². The molecule has 146 valence electrons. The smallest absolute Gasteiger partial charge is 0.257 e. The molecule has 1 heterocycles. The fraction of sp³-hybridized carbons (Fsp3) is 0.273. The van der Waals surface area contributed by atoms with Crippen molar-refractivity contribution in [1.29, 1.82) is 0 Å². The van der Waals surface area contributed by atoms with Crippen LogP contribution in [0.3, 0.4) is 0 Å². The lowest BCUT2D eigenvalue weighted by Gasteiger charge is -2.18. The molecule has 0 aliphatic carbocycles. The molecule has 0 N–H and O–H groups in total. The highest BCUT2D eigenvalue weighted by Crippen LogP contribution is 2.18. The van der Waals surface area contributed by atoms with Crippen molar-refractivity contribution in [3.05, 3.63) is 82.1 Å². The van der Waals surface area contributed by atoms with Crippen molar-refractivity contribution in [2.75, 3.05) is 20.2 Å². The minimum atomic E-state index is -0.0518. The number of nitrogens with zero attached hydrogens (tertiary/aromatic N) is 3. The lowest BCUT2D eigenvalue weighted by atomic mass is 10.1. The number of hydrogen-bond donors (Lipinski definition) is 0. The van der Waals surface area contributed by atoms with Gasteiger partial charge in [-0.05, 0) is 37.6 Å². The van der Waals surface area contributed by atoms with E-state index in [1.807, 2.05) is 48.9 Å². The molecule has 1 amide bonds. The standard InChI is InChI=1S/C22H24ClN3O2/c1-16-21(17(2)26(24-16)15-18-8-5-4-6-9-18)22(27)25(3)12-13-28-20-11-7-10-19(23)14-20/h4-11,14H,12-13,15H2,1-3H3. The molecule has 0 unspecified atom stereocenters. The third kappa shape index (κ3) is 4.73. The van der Waals surface area contributed by atoms with Crippen molar-refractivity contribution in [2.45, 2.75) is 20.4 Å². The molecule has 1 aromatic heterocycles. The van der Waals surface area contributed by atoms with E-state index in [4.69, 9.17) is 16.3 Å². The molecule has 6 heteroatoms. The molecular weight excluding hydrogens is 374 g/mol. The van der Waals surface area contributed by atoms with E-state index in [9.17, 15) is 4.79 Å². The number of halogens is 1. The number of aromatic nitrogens is 2. The van der Waals surface area contributed by atoms with E-state index in [1.165, 1.54) is 0 Å². The SMILES string of the molecule is Cc1nn(Cc2ccccc2)c(C)c1C(=O)N(C)CCOc1cccc(Cl)c1. The third-order valence-electron chi connectivity index (χ3n) is 4.61. The van der Waals surface area contributed by atoms with Crippen LogP contribution in [0, 0.1) is 13.8 Å². The molecule has 3 rings (SSSR count). The Labute approximate surface area is 170 Å². The maximum Gasteiger partial charge on any atom is 0.257 e. The number of ether oxygens (including phenoxy) is 1. The van der Waals surface area contributed by atoms with Crippen LogP contribution in [-0.4, -0.2) is 40.8 Å². The third-order valence-corrected chi connectivity index (χ3v) is 4.84. The number of aryl methyl sites for hydroxylation is 1. The van der Waals surface area contributed by atoms with Crippen molar-refractivity contribution >= 4 is 17.5 Å². The summed E-state index contributed by atoms with van der Waals surface area (Å²) >= 11 is 5.96. The summed E-state index contributed by atoms with van der Waals surface area (Å²) in [4.78, 5) is 14.6. The van der Waals surface area contributed by atoms with Gasteiger partial charge in [0.15, 0.2) is 0 Å². The first-order valence-electron chi connectivity index (χ1n) is 9.17. The fourth-order valence-corrected chi connectivity index (χ4v) is 3.25. The molecule has 0 aliphatic heterocycles. The van der Waals surface area contributed by atoms with Gasteiger partial charge in [0.1, 0.15) is 12.4 Å². The van der Waals surface area contributed by atoms with Gasteiger partial charge in [0, 0.05) is 17.8 Å². The van der Waals surface area contributed by atoms with E-state index >= 15 is 0 Å². The summed E-state index contributed by atoms with van der Waals surface area (Å²) in [5.74, 6) is 0.639. The van der Waals surface area contributed by atoms with Crippen LogP contribution in [0.25, 0.3) is 0 Å². The van der Waals surface area contributed by atoms with Gasteiger partial charge in [0.05, 0.1) is 24.3 Å². The lowest BCUT2D eigenvalue weighted by Crippen LogP contribution is -2.31. The fourth-order valence-electron chi connectivity index (χ4n) is 3.07. The first-order chi connectivity index (χ1) is 13.5. The second-order valence-corrected chi connectivity index (χ2v) is 7.16. The number of carbonyl (C=O) groups is 1. The maximum atomic E-state index is 12.9. The van der Waals surface area contributed by atoms with Crippen LogP contribution in [-0.2, 0) is 6.54 Å². The van der Waals surface area contributed by atoms with Crippen molar-refractivity contribution in [3.63, 3.8) is 0 Å². The summed E-state index contributed by atoms with van der Waals surface area (Å²) in [6, 6.07) is 17.3. The Bertz CT molecular complexity index is 954. The average molecular weight is 398 g/mol. The number of rotatable bonds is 7. The zero-order chi connectivity index (χ0) is 20.1. The summed E-state index contributed by atoms with van der Waals surface area (Å²) in [5.41, 5.74) is 3.41. The van der Waals surface area contributed by atoms with Crippen LogP contribution in [0.1, 0.15) is 27.3 Å². The quantitative estimate of drug-likeness (QED) is 0.595. The molecule has 0 saturated heterocycles. The zero-order valence-corrected chi connectivity index (χ0v) is 17.1. The van der Waals surface area contributed by atoms with Crippen LogP contribution in [0.2, 0.25) is 5.02 Å². The molecule has 0 saturated carbocycles. The van der Waals surface area contributed by atoms with Gasteiger partial charge < -0.3 is 9.64 Å². The molecule has 2 aromatic carbocycles. The largest absolute Gasteiger partial charge is 0.492 e. The topological polar surface area (TPSA) is 47.4 Å². The molecular formula is C22H24ClN3O2. The molecule has 0 aliphatic rings. The van der Waals surface area contributed by atoms with Gasteiger partial charge in [-0.15, -0.1) is 0 Å². The Hall–Kier alpha value is -2.79. The summed E-state index contributed by atoms with van der Waals surface area (Å²) in [7, 11) is 1.77. The predicted molar refractivity (Wildman–Crippen MR) is 111 cm³/mol. The Kier molecular flexibility index (Phi) is 6.37. The van der Waals surface area contributed by atoms with Crippen LogP contribution >= 0.6 is 11.6 Å². The number of amides is 1. The Morgan fingerprint density at radius 2 is 1.89 bits per heavy atom. The summed E-state index contributed by atoms with van der Waals surface area (Å²) in [6.07, 6.45) is 0. The van der Waals surface area contributed by atoms with Gasteiger partial charge in [-0.1, -0.05) is 48.0 Å². The molecule has 28 heavy (non-hydrogen) atoms. The normalized spacial score (nSPS) is 10.7. The highest BCUT2D eigenvalue weighted by Gasteiger charge is 2.21. The minimum absolute atomic E-state index is 0.0518. The van der Waals surface area contributed by atoms with Crippen molar-refractivity contribution in [3.8, 4) is 5.75 Å². The first-order valence-corrected chi connectivity index (χ1v) is 9.55. The summed E-state index contributed by atoms with van der Waals surface area (Å²) in [5, 5.41) is 5.19. The van der Waals surface area contributed by atoms with Gasteiger partial charge in [0.25, 0.3) is 5.91 Å². The van der Waals surface area contributed by atoms with Crippen molar-refractivity contribution in [1.82, 2.24) is 14.7 Å². The lowest BCUT2D eigenvalue weighted by molar-refractivity contribution is 0.0772. The Morgan fingerprint density at radius 1 is 1.14 bits per heavy atom. The first kappa shape index (κ1) is 20.0. The van der Waals surface area contributed by atoms with E-state index in [1.54, 1.807) is 24.1 Å². The van der Waals surface area contributed by atoms with E-state index in [2.05, 4.69) is 17.2 Å². The van der Waals surface area contributed by atoms with Crippen LogP contribution in [0.4, 0.5) is 0 Å². The highest BCUT2D eigenvalue weighted by molar-refractivity contribution is 6.30. The molecule has 0 atom stereocenters. The molecule has 5 nitrogen and oxygen atoms in total. The van der Waals surface area contributed by atoms with E-state index in [0.29, 0.717) is 36.0 Å². The van der Waals surface area contributed by atoms with Gasteiger partial charge in [-0.3, -0.25) is 9.48 Å². The zero-order valence-electron chi connectivity index (χ0n) is 16.4. The number of benzene rings is 2. The summed E-state index contributed by atoms with van der Waals surface area (Å²) in [6.45, 7) is 5.31. The van der Waals surface area contributed by atoms with Gasteiger partial charge >= 0.3 is 0 Å². The predicted octanol–water partition coefficient (Wildman–Crippen LogP) is 4.35. The maximum absolute atomic E-state index is 12.9. The number of likely N-dealkylation sites (N-methyl/N-ethyl adjacent to an activating group) is 1. The Morgan fingerprint density at radius 3 is 2.61 bits per heavy atom. The van der Waals surface area contributed by atoms with Gasteiger partial charge in [-0.2, -0.15) is 5.10 Å². The van der Waals surface area contributed by atoms with Crippen LogP contribution in [0.15, 0.2) is 54.6 Å². The van der Waals surface area contributed by atoms with Crippen molar-refractivity contribution < 1.29 is 9.53 Å². The van der Waals surface area contributed by atoms with E-state index < -0.39 is 0 Å². The number of carbonyl (C=O) groups excluding carboxylic acids is 1. The molecule has 3 aromatic rings. The minimum Gasteiger partial charge on any atom is -0.492 e. The average Bonchev–Trinajstić information content (AvgIpc) is 2.95. The second kappa shape index (κ2) is 8.93. The van der Waals surface area contributed by atoms with Crippen LogP contribution in [0.5, 0.6) is 5.75 Å². The van der Waals surface area contributed by atoms with Gasteiger partial charge in [0.2, 0.25) is 0 Å². The highest BCUT2D eigenvalue weighted by atomic mass is 35.5. The van der Waals surface area contributed by atoms with E-state index in [-0.39, 0.29) is 5.91 Å². The van der Waals surface area contributed by atoms with Gasteiger partial charge in [-0.25, -0.2) is 0 Å². The molecule has 0 bridgehead atoms. The second-order valence-electron chi connectivity index (χ2n) is 6.72. The molecule has 0 fully saturated rings. The van der Waals surface area contributed by atoms with Crippen molar-refractivity contribution in [2.24, 2.45) is 0 Å². The summed E-state index contributed by atoms with van der Waals surface area (Å²) < 4.78 is 7.57. The number of hydrogen-bond acceptors (Lipinski definition) is 3. The Balaban J connectivity index is 1.64. The molecule has 0 spiro atoms. The van der Waals surface area contributed by atoms with E-state index in [0.717, 1.165) is 17.0 Å².